The summed E-state index contributed by atoms with van der Waals surface area (Å²) in [5.41, 5.74) is 1.28. The van der Waals surface area contributed by atoms with Crippen molar-refractivity contribution in [3.8, 4) is 5.75 Å². The number of aliphatic hydroxyl groups excluding tert-OH is 1. The number of methoxy groups -OCH3 is 1. The van der Waals surface area contributed by atoms with Gasteiger partial charge in [0.2, 0.25) is 5.56 Å². The maximum atomic E-state index is 12.1. The number of rotatable bonds is 4. The largest absolute Gasteiger partial charge is 0.497 e. The number of ether oxygens (including phenoxy) is 1. The highest BCUT2D eigenvalue weighted by atomic mass is 16.5. The molecule has 3 aliphatic rings. The molecule has 5 nitrogen and oxygen atoms in total. The highest BCUT2D eigenvalue weighted by Gasteiger charge is 2.42. The van der Waals surface area contributed by atoms with Crippen LogP contribution in [-0.4, -0.2) is 41.2 Å². The fourth-order valence-corrected chi connectivity index (χ4v) is 4.81. The number of hydrogen-bond acceptors (Lipinski definition) is 4. The first-order chi connectivity index (χ1) is 12.1. The molecule has 3 aliphatic heterocycles. The van der Waals surface area contributed by atoms with Gasteiger partial charge < -0.3 is 14.8 Å². The quantitative estimate of drug-likeness (QED) is 0.897. The van der Waals surface area contributed by atoms with Crippen molar-refractivity contribution in [2.45, 2.75) is 38.3 Å². The van der Waals surface area contributed by atoms with Crippen LogP contribution in [0.25, 0.3) is 10.9 Å². The van der Waals surface area contributed by atoms with E-state index in [4.69, 9.17) is 4.74 Å². The Morgan fingerprint density at radius 3 is 2.92 bits per heavy atom. The van der Waals surface area contributed by atoms with Gasteiger partial charge in [-0.3, -0.25) is 9.69 Å². The van der Waals surface area contributed by atoms with E-state index in [0.717, 1.165) is 42.1 Å². The first-order valence-electron chi connectivity index (χ1n) is 9.23. The summed E-state index contributed by atoms with van der Waals surface area (Å²) >= 11 is 0. The van der Waals surface area contributed by atoms with E-state index in [9.17, 15) is 9.90 Å². The first-order valence-corrected chi connectivity index (χ1v) is 9.23. The number of piperidine rings is 3. The van der Waals surface area contributed by atoms with Crippen molar-refractivity contribution in [3.63, 3.8) is 0 Å². The van der Waals surface area contributed by atoms with Gasteiger partial charge in [0.15, 0.2) is 0 Å². The third-order valence-corrected chi connectivity index (χ3v) is 6.23. The summed E-state index contributed by atoms with van der Waals surface area (Å²) in [7, 11) is 1.62. The number of nitrogens with one attached hydrogen (secondary N) is 1. The monoisotopic (exact) mass is 342 g/mol. The molecule has 4 heterocycles. The molecule has 2 bridgehead atoms. The lowest BCUT2D eigenvalue weighted by Gasteiger charge is -2.51. The van der Waals surface area contributed by atoms with Crippen LogP contribution in [0.1, 0.15) is 37.9 Å². The fourth-order valence-electron chi connectivity index (χ4n) is 4.81. The van der Waals surface area contributed by atoms with Crippen molar-refractivity contribution in [2.24, 2.45) is 11.8 Å². The predicted octanol–water partition coefficient (Wildman–Crippen LogP) is 2.69. The number of aliphatic hydroxyl groups is 1. The number of pyridine rings is 1. The van der Waals surface area contributed by atoms with E-state index < -0.39 is 6.10 Å². The SMILES string of the molecule is CC[C@H]1CN2CC[C@H]1C[C@@H]2C(O)c1cc(=O)[nH]c2ccc(OC)cc12. The lowest BCUT2D eigenvalue weighted by Crippen LogP contribution is -2.55. The summed E-state index contributed by atoms with van der Waals surface area (Å²) in [5, 5.41) is 12.0. The number of hydrogen-bond donors (Lipinski definition) is 2. The average Bonchev–Trinajstić information content (AvgIpc) is 2.66. The van der Waals surface area contributed by atoms with Gasteiger partial charge >= 0.3 is 0 Å². The molecule has 25 heavy (non-hydrogen) atoms. The molecule has 2 aromatic rings. The van der Waals surface area contributed by atoms with Crippen molar-refractivity contribution < 1.29 is 9.84 Å². The molecular weight excluding hydrogens is 316 g/mol. The molecule has 0 spiro atoms. The van der Waals surface area contributed by atoms with Crippen molar-refractivity contribution >= 4 is 10.9 Å². The zero-order chi connectivity index (χ0) is 17.6. The summed E-state index contributed by atoms with van der Waals surface area (Å²) in [4.78, 5) is 17.4. The predicted molar refractivity (Wildman–Crippen MR) is 97.9 cm³/mol. The van der Waals surface area contributed by atoms with Crippen LogP contribution in [0.15, 0.2) is 29.1 Å². The molecule has 3 saturated heterocycles. The minimum absolute atomic E-state index is 0.0951. The van der Waals surface area contributed by atoms with Crippen LogP contribution in [0.5, 0.6) is 5.75 Å². The van der Waals surface area contributed by atoms with Gasteiger partial charge in [-0.15, -0.1) is 0 Å². The van der Waals surface area contributed by atoms with Gasteiger partial charge in [0.05, 0.1) is 13.2 Å². The third-order valence-electron chi connectivity index (χ3n) is 6.23. The summed E-state index contributed by atoms with van der Waals surface area (Å²) in [6.07, 6.45) is 2.79. The van der Waals surface area contributed by atoms with Crippen LogP contribution in [0.4, 0.5) is 0 Å². The van der Waals surface area contributed by atoms with Gasteiger partial charge in [-0.25, -0.2) is 0 Å². The van der Waals surface area contributed by atoms with Gasteiger partial charge in [-0.1, -0.05) is 13.3 Å². The maximum Gasteiger partial charge on any atom is 0.248 e. The first kappa shape index (κ1) is 16.6. The van der Waals surface area contributed by atoms with Crippen LogP contribution in [0, 0.1) is 11.8 Å². The van der Waals surface area contributed by atoms with E-state index in [-0.39, 0.29) is 11.6 Å². The second-order valence-corrected chi connectivity index (χ2v) is 7.46. The Morgan fingerprint density at radius 1 is 1.40 bits per heavy atom. The lowest BCUT2D eigenvalue weighted by atomic mass is 9.72. The molecule has 2 unspecified atom stereocenters. The molecule has 0 radical (unpaired) electrons. The molecule has 2 N–H and O–H groups in total. The van der Waals surface area contributed by atoms with Crippen LogP contribution in [-0.2, 0) is 0 Å². The van der Waals surface area contributed by atoms with Crippen molar-refractivity contribution in [1.29, 1.82) is 0 Å². The zero-order valence-electron chi connectivity index (χ0n) is 14.9. The number of benzene rings is 1. The maximum absolute atomic E-state index is 12.1. The van der Waals surface area contributed by atoms with Crippen LogP contribution >= 0.6 is 0 Å². The van der Waals surface area contributed by atoms with E-state index in [1.54, 1.807) is 13.2 Å². The topological polar surface area (TPSA) is 65.6 Å². The molecule has 1 aromatic carbocycles. The number of fused-ring (bicyclic) bond motifs is 4. The lowest BCUT2D eigenvalue weighted by molar-refractivity contribution is -0.0562. The number of aromatic nitrogens is 1. The normalized spacial score (nSPS) is 29.7. The number of nitrogens with zero attached hydrogens (tertiary/aromatic N) is 1. The molecule has 0 saturated carbocycles. The van der Waals surface area contributed by atoms with E-state index in [1.807, 2.05) is 18.2 Å². The van der Waals surface area contributed by atoms with Gasteiger partial charge in [-0.2, -0.15) is 0 Å². The molecule has 134 valence electrons. The second kappa shape index (κ2) is 6.46. The smallest absolute Gasteiger partial charge is 0.248 e. The summed E-state index contributed by atoms with van der Waals surface area (Å²) in [5.74, 6) is 2.16. The Labute approximate surface area is 147 Å². The average molecular weight is 342 g/mol. The number of aromatic amines is 1. The highest BCUT2D eigenvalue weighted by molar-refractivity contribution is 5.83. The van der Waals surface area contributed by atoms with Crippen molar-refractivity contribution in [3.05, 3.63) is 40.2 Å². The fraction of sp³-hybridized carbons (Fsp3) is 0.550. The van der Waals surface area contributed by atoms with Crippen molar-refractivity contribution in [2.75, 3.05) is 20.2 Å². The van der Waals surface area contributed by atoms with Crippen molar-refractivity contribution in [1.82, 2.24) is 9.88 Å². The van der Waals surface area contributed by atoms with E-state index in [1.165, 1.54) is 12.8 Å². The van der Waals surface area contributed by atoms with Crippen LogP contribution < -0.4 is 10.3 Å². The second-order valence-electron chi connectivity index (χ2n) is 7.46. The highest BCUT2D eigenvalue weighted by Crippen LogP contribution is 2.42. The molecule has 5 heteroatoms. The van der Waals surface area contributed by atoms with Gasteiger partial charge in [0.1, 0.15) is 5.75 Å². The van der Waals surface area contributed by atoms with Gasteiger partial charge in [0.25, 0.3) is 0 Å². The van der Waals surface area contributed by atoms with E-state index in [2.05, 4.69) is 16.8 Å². The molecule has 5 atom stereocenters. The van der Waals surface area contributed by atoms with E-state index in [0.29, 0.717) is 11.5 Å². The molecule has 1 aromatic heterocycles. The zero-order valence-corrected chi connectivity index (χ0v) is 14.9. The Bertz CT molecular complexity index is 831. The molecule has 5 rings (SSSR count). The Kier molecular flexibility index (Phi) is 4.29. The molecule has 0 aliphatic carbocycles. The van der Waals surface area contributed by atoms with Gasteiger partial charge in [0, 0.05) is 29.6 Å². The standard InChI is InChI=1S/C20H26N2O3/c1-3-12-11-22-7-6-13(12)8-18(22)20(24)16-10-19(23)21-17-5-4-14(25-2)9-15(16)17/h4-5,9-10,12-13,18,20,24H,3,6-8,11H2,1-2H3,(H,21,23)/t12-,13-,18+,20?/m0/s1. The molecule has 3 fully saturated rings. The summed E-state index contributed by atoms with van der Waals surface area (Å²) in [6, 6.07) is 7.21. The summed E-state index contributed by atoms with van der Waals surface area (Å²) < 4.78 is 5.33. The minimum Gasteiger partial charge on any atom is -0.497 e. The van der Waals surface area contributed by atoms with E-state index >= 15 is 0 Å². The Hall–Kier alpha value is -1.85. The number of H-pyrrole nitrogens is 1. The van der Waals surface area contributed by atoms with Gasteiger partial charge in [-0.05, 0) is 55.0 Å². The summed E-state index contributed by atoms with van der Waals surface area (Å²) in [6.45, 7) is 4.37. The molecule has 0 amide bonds. The minimum atomic E-state index is -0.655. The molecular formula is C20H26N2O3. The van der Waals surface area contributed by atoms with Crippen LogP contribution in [0.3, 0.4) is 0 Å². The Morgan fingerprint density at radius 2 is 2.24 bits per heavy atom. The third kappa shape index (κ3) is 2.85. The van der Waals surface area contributed by atoms with Crippen LogP contribution in [0.2, 0.25) is 0 Å². The Balaban J connectivity index is 1.73.